The zero-order chi connectivity index (χ0) is 13.5. The number of carbonyl (C=O) groups excluding carboxylic acids is 1. The fourth-order valence-electron chi connectivity index (χ4n) is 2.50. The molecule has 1 aliphatic carbocycles. The second kappa shape index (κ2) is 7.09. The average molecular weight is 262 g/mol. The van der Waals surface area contributed by atoms with E-state index in [1.165, 1.54) is 32.1 Å². The number of hydrogen-bond donors (Lipinski definition) is 3. The summed E-state index contributed by atoms with van der Waals surface area (Å²) in [6, 6.07) is 3.68. The zero-order valence-electron chi connectivity index (χ0n) is 11.2. The second-order valence-electron chi connectivity index (χ2n) is 5.09. The quantitative estimate of drug-likeness (QED) is 0.576. The van der Waals surface area contributed by atoms with Gasteiger partial charge in [-0.3, -0.25) is 15.6 Å². The molecule has 1 aliphatic rings. The molecule has 5 nitrogen and oxygen atoms in total. The molecule has 0 aromatic carbocycles. The SMILES string of the molecule is NNc1ccnc(C(=O)NC2CCCCCCC2)c1. The molecule has 1 fully saturated rings. The Balaban J connectivity index is 1.94. The highest BCUT2D eigenvalue weighted by molar-refractivity contribution is 5.93. The van der Waals surface area contributed by atoms with Crippen LogP contribution in [0.5, 0.6) is 0 Å². The third-order valence-electron chi connectivity index (χ3n) is 3.60. The van der Waals surface area contributed by atoms with Gasteiger partial charge in [0.25, 0.3) is 5.91 Å². The Hall–Kier alpha value is -1.62. The van der Waals surface area contributed by atoms with Crippen LogP contribution in [0.3, 0.4) is 0 Å². The Morgan fingerprint density at radius 2 is 1.89 bits per heavy atom. The van der Waals surface area contributed by atoms with Crippen molar-refractivity contribution in [1.82, 2.24) is 10.3 Å². The lowest BCUT2D eigenvalue weighted by Crippen LogP contribution is -2.35. The molecule has 1 aromatic rings. The molecule has 5 heteroatoms. The molecule has 0 bridgehead atoms. The van der Waals surface area contributed by atoms with Crippen molar-refractivity contribution in [2.45, 2.75) is 51.0 Å². The van der Waals surface area contributed by atoms with E-state index in [2.05, 4.69) is 15.7 Å². The molecule has 0 aliphatic heterocycles. The first-order valence-corrected chi connectivity index (χ1v) is 7.03. The molecule has 0 unspecified atom stereocenters. The van der Waals surface area contributed by atoms with Crippen LogP contribution in [-0.4, -0.2) is 16.9 Å². The van der Waals surface area contributed by atoms with Crippen LogP contribution in [0.25, 0.3) is 0 Å². The minimum atomic E-state index is -0.109. The molecule has 2 rings (SSSR count). The van der Waals surface area contributed by atoms with Gasteiger partial charge in [0.2, 0.25) is 0 Å². The summed E-state index contributed by atoms with van der Waals surface area (Å²) in [6.45, 7) is 0. The van der Waals surface area contributed by atoms with Crippen molar-refractivity contribution in [1.29, 1.82) is 0 Å². The fraction of sp³-hybridized carbons (Fsp3) is 0.571. The summed E-state index contributed by atoms with van der Waals surface area (Å²) in [5, 5.41) is 3.08. The Bertz CT molecular complexity index is 414. The lowest BCUT2D eigenvalue weighted by atomic mass is 9.96. The van der Waals surface area contributed by atoms with Crippen LogP contribution in [0, 0.1) is 0 Å². The van der Waals surface area contributed by atoms with E-state index in [9.17, 15) is 4.79 Å². The Morgan fingerprint density at radius 3 is 2.58 bits per heavy atom. The predicted octanol–water partition coefficient (Wildman–Crippen LogP) is 2.21. The van der Waals surface area contributed by atoms with Crippen LogP contribution >= 0.6 is 0 Å². The number of nitrogens with one attached hydrogen (secondary N) is 2. The normalized spacial score (nSPS) is 17.3. The summed E-state index contributed by atoms with van der Waals surface area (Å²) in [4.78, 5) is 16.2. The Kier molecular flexibility index (Phi) is 5.15. The average Bonchev–Trinajstić information content (AvgIpc) is 2.41. The Labute approximate surface area is 114 Å². The van der Waals surface area contributed by atoms with Gasteiger partial charge in [-0.05, 0) is 25.0 Å². The Morgan fingerprint density at radius 1 is 1.21 bits per heavy atom. The maximum Gasteiger partial charge on any atom is 0.270 e. The van der Waals surface area contributed by atoms with Gasteiger partial charge in [-0.25, -0.2) is 0 Å². The first kappa shape index (κ1) is 13.8. The van der Waals surface area contributed by atoms with Crippen LogP contribution in [0.15, 0.2) is 18.3 Å². The largest absolute Gasteiger partial charge is 0.348 e. The molecule has 0 atom stereocenters. The molecule has 4 N–H and O–H groups in total. The van der Waals surface area contributed by atoms with E-state index < -0.39 is 0 Å². The smallest absolute Gasteiger partial charge is 0.270 e. The molecule has 1 amide bonds. The van der Waals surface area contributed by atoms with Crippen molar-refractivity contribution in [3.63, 3.8) is 0 Å². The van der Waals surface area contributed by atoms with Gasteiger partial charge in [-0.15, -0.1) is 0 Å². The molecule has 104 valence electrons. The topological polar surface area (TPSA) is 80.0 Å². The third-order valence-corrected chi connectivity index (χ3v) is 3.60. The maximum atomic E-state index is 12.1. The molecule has 0 radical (unpaired) electrons. The molecule has 0 spiro atoms. The van der Waals surface area contributed by atoms with Gasteiger partial charge >= 0.3 is 0 Å². The van der Waals surface area contributed by atoms with Gasteiger partial charge in [0.1, 0.15) is 5.69 Å². The number of rotatable bonds is 3. The molecule has 1 heterocycles. The minimum Gasteiger partial charge on any atom is -0.348 e. The van der Waals surface area contributed by atoms with Gasteiger partial charge in [-0.2, -0.15) is 0 Å². The van der Waals surface area contributed by atoms with Crippen LogP contribution < -0.4 is 16.6 Å². The van der Waals surface area contributed by atoms with Crippen LogP contribution in [0.2, 0.25) is 0 Å². The minimum absolute atomic E-state index is 0.109. The highest BCUT2D eigenvalue weighted by atomic mass is 16.1. The van der Waals surface area contributed by atoms with E-state index in [1.54, 1.807) is 18.3 Å². The zero-order valence-corrected chi connectivity index (χ0v) is 11.2. The number of amides is 1. The number of hydrazine groups is 1. The lowest BCUT2D eigenvalue weighted by Gasteiger charge is -2.20. The summed E-state index contributed by atoms with van der Waals surface area (Å²) < 4.78 is 0. The van der Waals surface area contributed by atoms with E-state index >= 15 is 0 Å². The number of pyridine rings is 1. The first-order valence-electron chi connectivity index (χ1n) is 7.03. The fourth-order valence-corrected chi connectivity index (χ4v) is 2.50. The van der Waals surface area contributed by atoms with Crippen molar-refractivity contribution < 1.29 is 4.79 Å². The van der Waals surface area contributed by atoms with Crippen LogP contribution in [-0.2, 0) is 0 Å². The number of nitrogens with zero attached hydrogens (tertiary/aromatic N) is 1. The highest BCUT2D eigenvalue weighted by Crippen LogP contribution is 2.17. The molecule has 0 saturated heterocycles. The number of anilines is 1. The van der Waals surface area contributed by atoms with E-state index in [-0.39, 0.29) is 11.9 Å². The molecule has 1 aromatic heterocycles. The van der Waals surface area contributed by atoms with Crippen molar-refractivity contribution in [3.8, 4) is 0 Å². The number of hydrogen-bond acceptors (Lipinski definition) is 4. The second-order valence-corrected chi connectivity index (χ2v) is 5.09. The summed E-state index contributed by atoms with van der Waals surface area (Å²) in [5.41, 5.74) is 3.63. The van der Waals surface area contributed by atoms with Crippen molar-refractivity contribution in [2.24, 2.45) is 5.84 Å². The summed E-state index contributed by atoms with van der Waals surface area (Å²) >= 11 is 0. The van der Waals surface area contributed by atoms with E-state index in [1.807, 2.05) is 0 Å². The van der Waals surface area contributed by atoms with Crippen LogP contribution in [0.4, 0.5) is 5.69 Å². The standard InChI is InChI=1S/C14H22N4O/c15-18-12-8-9-16-13(10-12)14(19)17-11-6-4-2-1-3-5-7-11/h8-11H,1-7,15H2,(H,16,18)(H,17,19). The summed E-state index contributed by atoms with van der Waals surface area (Å²) in [5.74, 6) is 5.22. The number of nitrogen functional groups attached to an aromatic ring is 1. The maximum absolute atomic E-state index is 12.1. The van der Waals surface area contributed by atoms with Crippen LogP contribution in [0.1, 0.15) is 55.4 Å². The summed E-state index contributed by atoms with van der Waals surface area (Å²) in [7, 11) is 0. The van der Waals surface area contributed by atoms with E-state index in [0.29, 0.717) is 11.4 Å². The molecule has 19 heavy (non-hydrogen) atoms. The highest BCUT2D eigenvalue weighted by Gasteiger charge is 2.16. The van der Waals surface area contributed by atoms with Gasteiger partial charge in [0.05, 0.1) is 5.69 Å². The third kappa shape index (κ3) is 4.21. The van der Waals surface area contributed by atoms with Gasteiger partial charge < -0.3 is 10.7 Å². The summed E-state index contributed by atoms with van der Waals surface area (Å²) in [6.07, 6.45) is 10.00. The number of aromatic nitrogens is 1. The number of carbonyl (C=O) groups is 1. The van der Waals surface area contributed by atoms with Gasteiger partial charge in [0.15, 0.2) is 0 Å². The van der Waals surface area contributed by atoms with E-state index in [4.69, 9.17) is 5.84 Å². The lowest BCUT2D eigenvalue weighted by molar-refractivity contribution is 0.0925. The molecular weight excluding hydrogens is 240 g/mol. The first-order chi connectivity index (χ1) is 9.29. The van der Waals surface area contributed by atoms with Crippen molar-refractivity contribution in [3.05, 3.63) is 24.0 Å². The molecular formula is C14H22N4O. The van der Waals surface area contributed by atoms with Gasteiger partial charge in [0, 0.05) is 12.2 Å². The van der Waals surface area contributed by atoms with Crippen molar-refractivity contribution >= 4 is 11.6 Å². The monoisotopic (exact) mass is 262 g/mol. The molecule has 1 saturated carbocycles. The number of nitrogens with two attached hydrogens (primary N) is 1. The van der Waals surface area contributed by atoms with E-state index in [0.717, 1.165) is 12.8 Å². The van der Waals surface area contributed by atoms with Crippen molar-refractivity contribution in [2.75, 3.05) is 5.43 Å². The van der Waals surface area contributed by atoms with Gasteiger partial charge in [-0.1, -0.05) is 32.1 Å². The predicted molar refractivity (Wildman–Crippen MR) is 75.6 cm³/mol.